The number of benzene rings is 2. The maximum Gasteiger partial charge on any atom is 0.272 e. The molecule has 0 heterocycles. The standard InChI is InChI=1S/C16H13BrN4O3/c1-9(2)12-4-3-5-14(16(12)22)19-20-15-10(8-18)6-11(21(23)24)7-13(15)17/h3-7,9,22H,1-2H3. The molecule has 0 bridgehead atoms. The van der Waals surface area contributed by atoms with Crippen LogP contribution < -0.4 is 0 Å². The number of halogens is 1. The topological polar surface area (TPSA) is 112 Å². The Hall–Kier alpha value is -2.79. The van der Waals surface area contributed by atoms with Crippen LogP contribution in [0.5, 0.6) is 5.75 Å². The average Bonchev–Trinajstić information content (AvgIpc) is 2.53. The monoisotopic (exact) mass is 388 g/mol. The number of nitro groups is 1. The van der Waals surface area contributed by atoms with Gasteiger partial charge in [-0.05, 0) is 33.5 Å². The van der Waals surface area contributed by atoms with Gasteiger partial charge in [0.1, 0.15) is 23.2 Å². The molecule has 122 valence electrons. The van der Waals surface area contributed by atoms with Gasteiger partial charge in [0.15, 0.2) is 0 Å². The van der Waals surface area contributed by atoms with Gasteiger partial charge in [-0.2, -0.15) is 5.26 Å². The highest BCUT2D eigenvalue weighted by atomic mass is 79.9. The van der Waals surface area contributed by atoms with Crippen molar-refractivity contribution in [1.29, 1.82) is 5.26 Å². The number of non-ortho nitro benzene ring substituents is 1. The van der Waals surface area contributed by atoms with E-state index in [1.54, 1.807) is 18.2 Å². The van der Waals surface area contributed by atoms with E-state index in [1.165, 1.54) is 6.07 Å². The summed E-state index contributed by atoms with van der Waals surface area (Å²) in [5.74, 6) is 0.133. The lowest BCUT2D eigenvalue weighted by Gasteiger charge is -2.09. The zero-order chi connectivity index (χ0) is 17.9. The van der Waals surface area contributed by atoms with Crippen molar-refractivity contribution in [2.24, 2.45) is 10.2 Å². The molecule has 0 aliphatic carbocycles. The summed E-state index contributed by atoms with van der Waals surface area (Å²) in [6, 6.07) is 9.38. The molecular weight excluding hydrogens is 376 g/mol. The Labute approximate surface area is 146 Å². The number of phenols is 1. The van der Waals surface area contributed by atoms with Crippen molar-refractivity contribution in [2.45, 2.75) is 19.8 Å². The van der Waals surface area contributed by atoms with Gasteiger partial charge in [0.2, 0.25) is 0 Å². The van der Waals surface area contributed by atoms with Crippen LogP contribution in [0.25, 0.3) is 0 Å². The fourth-order valence-electron chi connectivity index (χ4n) is 2.08. The molecule has 2 rings (SSSR count). The van der Waals surface area contributed by atoms with Gasteiger partial charge in [-0.25, -0.2) is 0 Å². The van der Waals surface area contributed by atoms with Gasteiger partial charge >= 0.3 is 0 Å². The molecule has 8 heteroatoms. The van der Waals surface area contributed by atoms with Gasteiger partial charge in [-0.1, -0.05) is 26.0 Å². The van der Waals surface area contributed by atoms with Crippen molar-refractivity contribution < 1.29 is 10.0 Å². The van der Waals surface area contributed by atoms with Gasteiger partial charge in [-0.3, -0.25) is 10.1 Å². The number of hydrogen-bond donors (Lipinski definition) is 1. The normalized spacial score (nSPS) is 11.0. The maximum atomic E-state index is 10.8. The third kappa shape index (κ3) is 3.58. The highest BCUT2D eigenvalue weighted by molar-refractivity contribution is 9.10. The summed E-state index contributed by atoms with van der Waals surface area (Å²) in [5.41, 5.74) is 0.948. The second-order valence-electron chi connectivity index (χ2n) is 5.26. The lowest BCUT2D eigenvalue weighted by Crippen LogP contribution is -1.90. The molecule has 0 aliphatic rings. The van der Waals surface area contributed by atoms with E-state index < -0.39 is 4.92 Å². The molecule has 24 heavy (non-hydrogen) atoms. The van der Waals surface area contributed by atoms with Crippen LogP contribution in [0.1, 0.15) is 30.9 Å². The van der Waals surface area contributed by atoms with E-state index in [9.17, 15) is 20.5 Å². The van der Waals surface area contributed by atoms with E-state index in [2.05, 4.69) is 26.2 Å². The number of nitriles is 1. The van der Waals surface area contributed by atoms with E-state index in [-0.39, 0.29) is 38.8 Å². The van der Waals surface area contributed by atoms with Gasteiger partial charge in [-0.15, -0.1) is 10.2 Å². The first-order valence-corrected chi connectivity index (χ1v) is 7.76. The van der Waals surface area contributed by atoms with Crippen LogP contribution in [0.3, 0.4) is 0 Å². The van der Waals surface area contributed by atoms with E-state index >= 15 is 0 Å². The molecule has 0 amide bonds. The van der Waals surface area contributed by atoms with Crippen molar-refractivity contribution in [3.05, 3.63) is 56.0 Å². The number of nitro benzene ring substituents is 1. The molecule has 0 atom stereocenters. The van der Waals surface area contributed by atoms with Crippen LogP contribution in [0.4, 0.5) is 17.1 Å². The zero-order valence-corrected chi connectivity index (χ0v) is 14.5. The molecule has 0 unspecified atom stereocenters. The first-order valence-electron chi connectivity index (χ1n) is 6.96. The summed E-state index contributed by atoms with van der Waals surface area (Å²) in [6.07, 6.45) is 0. The number of aromatic hydroxyl groups is 1. The minimum Gasteiger partial charge on any atom is -0.505 e. The van der Waals surface area contributed by atoms with E-state index in [0.29, 0.717) is 0 Å². The molecule has 1 N–H and O–H groups in total. The fraction of sp³-hybridized carbons (Fsp3) is 0.188. The Morgan fingerprint density at radius 1 is 1.33 bits per heavy atom. The van der Waals surface area contributed by atoms with Crippen LogP contribution in [-0.4, -0.2) is 10.0 Å². The molecule has 0 spiro atoms. The lowest BCUT2D eigenvalue weighted by molar-refractivity contribution is -0.384. The van der Waals surface area contributed by atoms with Crippen molar-refractivity contribution in [2.75, 3.05) is 0 Å². The highest BCUT2D eigenvalue weighted by Gasteiger charge is 2.16. The minimum atomic E-state index is -0.593. The Bertz CT molecular complexity index is 872. The lowest BCUT2D eigenvalue weighted by atomic mass is 10.0. The summed E-state index contributed by atoms with van der Waals surface area (Å²) < 4.78 is 0.275. The number of hydrogen-bond acceptors (Lipinski definition) is 6. The maximum absolute atomic E-state index is 10.8. The van der Waals surface area contributed by atoms with Crippen molar-refractivity contribution in [3.8, 4) is 11.8 Å². The van der Waals surface area contributed by atoms with Gasteiger partial charge in [0.25, 0.3) is 5.69 Å². The summed E-state index contributed by atoms with van der Waals surface area (Å²) in [4.78, 5) is 10.3. The number of nitrogens with zero attached hydrogens (tertiary/aromatic N) is 4. The van der Waals surface area contributed by atoms with Gasteiger partial charge in [0, 0.05) is 12.1 Å². The smallest absolute Gasteiger partial charge is 0.272 e. The minimum absolute atomic E-state index is 0.0133. The molecule has 0 aliphatic heterocycles. The van der Waals surface area contributed by atoms with Crippen molar-refractivity contribution in [1.82, 2.24) is 0 Å². The Morgan fingerprint density at radius 2 is 2.04 bits per heavy atom. The Balaban J connectivity index is 2.49. The Kier molecular flexibility index (Phi) is 5.26. The highest BCUT2D eigenvalue weighted by Crippen LogP contribution is 2.38. The second-order valence-corrected chi connectivity index (χ2v) is 6.12. The zero-order valence-electron chi connectivity index (χ0n) is 12.9. The molecule has 2 aromatic rings. The largest absolute Gasteiger partial charge is 0.505 e. The van der Waals surface area contributed by atoms with Crippen LogP contribution >= 0.6 is 15.9 Å². The first kappa shape index (κ1) is 17.6. The molecule has 0 saturated heterocycles. The van der Waals surface area contributed by atoms with Crippen LogP contribution in [0.2, 0.25) is 0 Å². The van der Waals surface area contributed by atoms with Gasteiger partial charge in [0.05, 0.1) is 15.0 Å². The number of azo groups is 1. The summed E-state index contributed by atoms with van der Waals surface area (Å²) in [5, 5.41) is 38.2. The second kappa shape index (κ2) is 7.19. The van der Waals surface area contributed by atoms with E-state index in [1.807, 2.05) is 19.9 Å². The molecular formula is C16H13BrN4O3. The molecule has 2 aromatic carbocycles. The SMILES string of the molecule is CC(C)c1cccc(N=Nc2c(Br)cc([N+](=O)[O-])cc2C#N)c1O. The average molecular weight is 389 g/mol. The summed E-state index contributed by atoms with van der Waals surface area (Å²) in [6.45, 7) is 3.88. The summed E-state index contributed by atoms with van der Waals surface area (Å²) in [7, 11) is 0. The van der Waals surface area contributed by atoms with Crippen molar-refractivity contribution in [3.63, 3.8) is 0 Å². The molecule has 0 radical (unpaired) electrons. The molecule has 7 nitrogen and oxygen atoms in total. The number of rotatable bonds is 4. The Morgan fingerprint density at radius 3 is 2.62 bits per heavy atom. The molecule has 0 saturated carbocycles. The van der Waals surface area contributed by atoms with Crippen molar-refractivity contribution >= 4 is 33.0 Å². The first-order chi connectivity index (χ1) is 11.3. The summed E-state index contributed by atoms with van der Waals surface area (Å²) >= 11 is 3.17. The van der Waals surface area contributed by atoms with E-state index in [4.69, 9.17) is 0 Å². The van der Waals surface area contributed by atoms with E-state index in [0.717, 1.165) is 11.6 Å². The third-order valence-electron chi connectivity index (χ3n) is 3.31. The third-order valence-corrected chi connectivity index (χ3v) is 3.91. The predicted molar refractivity (Wildman–Crippen MR) is 91.9 cm³/mol. The molecule has 0 fully saturated rings. The van der Waals surface area contributed by atoms with Crippen LogP contribution in [-0.2, 0) is 0 Å². The van der Waals surface area contributed by atoms with Crippen LogP contribution in [0.15, 0.2) is 45.0 Å². The molecule has 0 aromatic heterocycles. The van der Waals surface area contributed by atoms with Crippen LogP contribution in [0, 0.1) is 21.4 Å². The van der Waals surface area contributed by atoms with Gasteiger partial charge < -0.3 is 5.11 Å². The quantitative estimate of drug-likeness (QED) is 0.424. The fourth-order valence-corrected chi connectivity index (χ4v) is 2.60. The number of para-hydroxylation sites is 1. The predicted octanol–water partition coefficient (Wildman–Crippen LogP) is 5.47. The number of phenolic OH excluding ortho intramolecular Hbond substituents is 1.